The Kier molecular flexibility index (Phi) is 7.12. The molecule has 0 saturated carbocycles. The fourth-order valence-electron chi connectivity index (χ4n) is 4.14. The molecular weight excluding hydrogens is 380 g/mol. The number of carbonyl (C=O) groups excluding carboxylic acids is 2. The van der Waals surface area contributed by atoms with Crippen molar-refractivity contribution in [3.8, 4) is 0 Å². The number of hydrogen-bond donors (Lipinski definition) is 0. The van der Waals surface area contributed by atoms with E-state index >= 15 is 0 Å². The monoisotopic (exact) mass is 412 g/mol. The number of nitrogens with zero attached hydrogens (tertiary/aromatic N) is 2. The van der Waals surface area contributed by atoms with Gasteiger partial charge in [-0.2, -0.15) is 0 Å². The van der Waals surface area contributed by atoms with Crippen LogP contribution in [0.3, 0.4) is 0 Å². The second kappa shape index (κ2) is 9.57. The van der Waals surface area contributed by atoms with Crippen LogP contribution in [-0.2, 0) is 16.0 Å². The maximum Gasteiger partial charge on any atom is 0.242 e. The SMILES string of the molecule is CCCC(=O)N(CC(=O)N1CCc2sccc2[C@@H]1c1ccccc1C)CC(C)C. The molecule has 1 aliphatic rings. The minimum atomic E-state index is -0.0686. The highest BCUT2D eigenvalue weighted by molar-refractivity contribution is 7.10. The van der Waals surface area contributed by atoms with E-state index in [1.54, 1.807) is 16.2 Å². The minimum Gasteiger partial charge on any atom is -0.333 e. The zero-order chi connectivity index (χ0) is 21.0. The van der Waals surface area contributed by atoms with E-state index in [2.05, 4.69) is 44.4 Å². The predicted molar refractivity (Wildman–Crippen MR) is 119 cm³/mol. The highest BCUT2D eigenvalue weighted by atomic mass is 32.1. The Morgan fingerprint density at radius 1 is 1.21 bits per heavy atom. The van der Waals surface area contributed by atoms with Gasteiger partial charge in [-0.05, 0) is 53.8 Å². The Balaban J connectivity index is 1.90. The van der Waals surface area contributed by atoms with Gasteiger partial charge in [0.25, 0.3) is 0 Å². The number of hydrogen-bond acceptors (Lipinski definition) is 3. The summed E-state index contributed by atoms with van der Waals surface area (Å²) in [5.41, 5.74) is 3.60. The molecule has 5 heteroatoms. The molecule has 156 valence electrons. The molecule has 0 N–H and O–H groups in total. The number of thiophene rings is 1. The second-order valence-electron chi connectivity index (χ2n) is 8.31. The number of aryl methyl sites for hydroxylation is 1. The lowest BCUT2D eigenvalue weighted by Gasteiger charge is -2.38. The lowest BCUT2D eigenvalue weighted by atomic mass is 9.90. The molecule has 0 spiro atoms. The number of fused-ring (bicyclic) bond motifs is 1. The van der Waals surface area contributed by atoms with Crippen molar-refractivity contribution < 1.29 is 9.59 Å². The van der Waals surface area contributed by atoms with Crippen molar-refractivity contribution in [2.75, 3.05) is 19.6 Å². The molecular formula is C24H32N2O2S. The second-order valence-corrected chi connectivity index (χ2v) is 9.31. The molecule has 1 aliphatic heterocycles. The van der Waals surface area contributed by atoms with E-state index in [1.807, 2.05) is 24.0 Å². The van der Waals surface area contributed by atoms with Crippen LogP contribution in [0.2, 0.25) is 0 Å². The average Bonchev–Trinajstić information content (AvgIpc) is 3.16. The van der Waals surface area contributed by atoms with Crippen molar-refractivity contribution in [2.45, 2.75) is 53.0 Å². The van der Waals surface area contributed by atoms with E-state index in [-0.39, 0.29) is 24.4 Å². The van der Waals surface area contributed by atoms with E-state index in [1.165, 1.54) is 21.6 Å². The zero-order valence-corrected chi connectivity index (χ0v) is 18.8. The highest BCUT2D eigenvalue weighted by Gasteiger charge is 2.34. The Labute approximate surface area is 178 Å². The Morgan fingerprint density at radius 2 is 1.97 bits per heavy atom. The maximum absolute atomic E-state index is 13.5. The summed E-state index contributed by atoms with van der Waals surface area (Å²) < 4.78 is 0. The third-order valence-corrected chi connectivity index (χ3v) is 6.49. The van der Waals surface area contributed by atoms with E-state index in [0.29, 0.717) is 25.4 Å². The van der Waals surface area contributed by atoms with Gasteiger partial charge in [0.05, 0.1) is 12.6 Å². The van der Waals surface area contributed by atoms with Gasteiger partial charge < -0.3 is 9.80 Å². The summed E-state index contributed by atoms with van der Waals surface area (Å²) in [4.78, 5) is 31.2. The maximum atomic E-state index is 13.5. The van der Waals surface area contributed by atoms with Gasteiger partial charge in [-0.25, -0.2) is 0 Å². The van der Waals surface area contributed by atoms with Crippen molar-refractivity contribution in [3.63, 3.8) is 0 Å². The van der Waals surface area contributed by atoms with E-state index in [0.717, 1.165) is 12.8 Å². The molecule has 2 heterocycles. The predicted octanol–water partition coefficient (Wildman–Crippen LogP) is 4.82. The van der Waals surface area contributed by atoms with Crippen LogP contribution >= 0.6 is 11.3 Å². The first-order chi connectivity index (χ1) is 13.9. The lowest BCUT2D eigenvalue weighted by molar-refractivity contribution is -0.142. The van der Waals surface area contributed by atoms with Gasteiger partial charge in [-0.15, -0.1) is 11.3 Å². The quantitative estimate of drug-likeness (QED) is 0.654. The summed E-state index contributed by atoms with van der Waals surface area (Å²) in [6.45, 7) is 9.77. The van der Waals surface area contributed by atoms with Gasteiger partial charge >= 0.3 is 0 Å². The first-order valence-electron chi connectivity index (χ1n) is 10.6. The molecule has 0 saturated heterocycles. The summed E-state index contributed by atoms with van der Waals surface area (Å²) in [6, 6.07) is 10.4. The van der Waals surface area contributed by atoms with E-state index in [4.69, 9.17) is 0 Å². The van der Waals surface area contributed by atoms with Crippen molar-refractivity contribution in [3.05, 3.63) is 57.3 Å². The highest BCUT2D eigenvalue weighted by Crippen LogP contribution is 2.39. The molecule has 0 fully saturated rings. The zero-order valence-electron chi connectivity index (χ0n) is 18.0. The molecule has 4 nitrogen and oxygen atoms in total. The molecule has 1 aromatic carbocycles. The molecule has 0 bridgehead atoms. The molecule has 2 amide bonds. The number of benzene rings is 1. The van der Waals surface area contributed by atoms with E-state index < -0.39 is 0 Å². The van der Waals surface area contributed by atoms with Crippen LogP contribution in [-0.4, -0.2) is 41.2 Å². The standard InChI is InChI=1S/C24H32N2O2S/c1-5-8-22(27)25(15-17(2)3)16-23(28)26-13-11-21-20(12-14-29-21)24(26)19-10-7-6-9-18(19)4/h6-7,9-10,12,14,17,24H,5,8,11,13,15-16H2,1-4H3/t24-/m0/s1. The van der Waals surface area contributed by atoms with Crippen LogP contribution in [0.4, 0.5) is 0 Å². The largest absolute Gasteiger partial charge is 0.333 e. The van der Waals surface area contributed by atoms with Crippen LogP contribution in [0.25, 0.3) is 0 Å². The van der Waals surface area contributed by atoms with Gasteiger partial charge in [0.15, 0.2) is 0 Å². The normalized spacial score (nSPS) is 16.0. The molecule has 1 aromatic heterocycles. The molecule has 29 heavy (non-hydrogen) atoms. The smallest absolute Gasteiger partial charge is 0.242 e. The van der Waals surface area contributed by atoms with Gasteiger partial charge in [0.1, 0.15) is 0 Å². The van der Waals surface area contributed by atoms with Gasteiger partial charge in [-0.3, -0.25) is 9.59 Å². The van der Waals surface area contributed by atoms with Crippen molar-refractivity contribution in [2.24, 2.45) is 5.92 Å². The van der Waals surface area contributed by atoms with Gasteiger partial charge in [0.2, 0.25) is 11.8 Å². The summed E-state index contributed by atoms with van der Waals surface area (Å²) in [6.07, 6.45) is 2.18. The first kappa shape index (κ1) is 21.6. The number of rotatable bonds is 7. The minimum absolute atomic E-state index is 0.0419. The molecule has 0 unspecified atom stereocenters. The number of carbonyl (C=O) groups is 2. The van der Waals surface area contributed by atoms with Crippen LogP contribution in [0.1, 0.15) is 61.2 Å². The van der Waals surface area contributed by atoms with Crippen LogP contribution in [0.5, 0.6) is 0 Å². The van der Waals surface area contributed by atoms with Crippen molar-refractivity contribution >= 4 is 23.2 Å². The lowest BCUT2D eigenvalue weighted by Crippen LogP contribution is -2.47. The molecule has 0 aliphatic carbocycles. The van der Waals surface area contributed by atoms with Crippen LogP contribution in [0.15, 0.2) is 35.7 Å². The summed E-state index contributed by atoms with van der Waals surface area (Å²) in [5, 5.41) is 2.12. The van der Waals surface area contributed by atoms with Crippen LogP contribution in [0, 0.1) is 12.8 Å². The number of amides is 2. The summed E-state index contributed by atoms with van der Waals surface area (Å²) >= 11 is 1.77. The first-order valence-corrected chi connectivity index (χ1v) is 11.5. The fourth-order valence-corrected chi connectivity index (χ4v) is 5.04. The van der Waals surface area contributed by atoms with Gasteiger partial charge in [-0.1, -0.05) is 45.0 Å². The molecule has 2 aromatic rings. The third-order valence-electron chi connectivity index (χ3n) is 5.50. The third kappa shape index (κ3) is 4.89. The summed E-state index contributed by atoms with van der Waals surface area (Å²) in [7, 11) is 0. The molecule has 0 radical (unpaired) electrons. The van der Waals surface area contributed by atoms with E-state index in [9.17, 15) is 9.59 Å². The Bertz CT molecular complexity index is 858. The van der Waals surface area contributed by atoms with Gasteiger partial charge in [0, 0.05) is 24.4 Å². The molecule has 1 atom stereocenters. The summed E-state index contributed by atoms with van der Waals surface area (Å²) in [5.74, 6) is 0.455. The van der Waals surface area contributed by atoms with Crippen molar-refractivity contribution in [1.29, 1.82) is 0 Å². The van der Waals surface area contributed by atoms with Crippen molar-refractivity contribution in [1.82, 2.24) is 9.80 Å². The average molecular weight is 413 g/mol. The fraction of sp³-hybridized carbons (Fsp3) is 0.500. The Morgan fingerprint density at radius 3 is 2.66 bits per heavy atom. The van der Waals surface area contributed by atoms with Crippen LogP contribution < -0.4 is 0 Å². The topological polar surface area (TPSA) is 40.6 Å². The Hall–Kier alpha value is -2.14. The molecule has 3 rings (SSSR count).